The van der Waals surface area contributed by atoms with Crippen molar-refractivity contribution in [3.8, 4) is 17.0 Å². The zero-order valence-electron chi connectivity index (χ0n) is 10.8. The van der Waals surface area contributed by atoms with E-state index in [1.165, 1.54) is 27.6 Å². The van der Waals surface area contributed by atoms with Crippen molar-refractivity contribution in [2.45, 2.75) is 6.54 Å². The molecule has 0 aliphatic carbocycles. The minimum absolute atomic E-state index is 0.917. The fourth-order valence-corrected chi connectivity index (χ4v) is 2.91. The van der Waals surface area contributed by atoms with Crippen LogP contribution in [0.25, 0.3) is 22.0 Å². The predicted molar refractivity (Wildman–Crippen MR) is 75.2 cm³/mol. The summed E-state index contributed by atoms with van der Waals surface area (Å²) >= 11 is 0. The molecular formula is C17H14NO+. The lowest BCUT2D eigenvalue weighted by atomic mass is 10.0. The van der Waals surface area contributed by atoms with Gasteiger partial charge in [-0.05, 0) is 29.7 Å². The van der Waals surface area contributed by atoms with Gasteiger partial charge in [-0.3, -0.25) is 0 Å². The molecule has 0 fully saturated rings. The first-order valence-electron chi connectivity index (χ1n) is 6.45. The molecule has 2 heterocycles. The Balaban J connectivity index is 2.08. The summed E-state index contributed by atoms with van der Waals surface area (Å²) in [5, 5.41) is 2.58. The third kappa shape index (κ3) is 1.46. The van der Waals surface area contributed by atoms with Crippen LogP contribution in [0.5, 0.6) is 5.75 Å². The minimum atomic E-state index is 0.917. The zero-order valence-corrected chi connectivity index (χ0v) is 10.8. The summed E-state index contributed by atoms with van der Waals surface area (Å²) in [4.78, 5) is 0. The number of rotatable bonds is 1. The number of benzene rings is 2. The molecule has 0 unspecified atom stereocenters. The van der Waals surface area contributed by atoms with E-state index in [0.29, 0.717) is 0 Å². The third-order valence-corrected chi connectivity index (χ3v) is 3.85. The van der Waals surface area contributed by atoms with Gasteiger partial charge in [-0.25, -0.2) is 0 Å². The summed E-state index contributed by atoms with van der Waals surface area (Å²) in [6.45, 7) is 0.944. The van der Waals surface area contributed by atoms with Crippen molar-refractivity contribution in [2.75, 3.05) is 7.11 Å². The number of ether oxygens (including phenoxy) is 1. The van der Waals surface area contributed by atoms with Gasteiger partial charge in [0.2, 0.25) is 5.69 Å². The molecule has 0 spiro atoms. The molecule has 1 aliphatic rings. The number of fused-ring (bicyclic) bond motifs is 5. The molecule has 4 rings (SSSR count). The summed E-state index contributed by atoms with van der Waals surface area (Å²) in [5.74, 6) is 0.917. The van der Waals surface area contributed by atoms with Crippen LogP contribution < -0.4 is 9.30 Å². The molecule has 0 bridgehead atoms. The Morgan fingerprint density at radius 3 is 2.84 bits per heavy atom. The Labute approximate surface area is 111 Å². The second-order valence-electron chi connectivity index (χ2n) is 4.90. The second-order valence-corrected chi connectivity index (χ2v) is 4.90. The number of hydrogen-bond acceptors (Lipinski definition) is 1. The van der Waals surface area contributed by atoms with Crippen LogP contribution in [-0.4, -0.2) is 7.11 Å². The SMILES string of the molecule is COc1ccc2c(c1)-c1c3ccccc3cc[n+]1C2. The molecule has 0 saturated heterocycles. The highest BCUT2D eigenvalue weighted by Crippen LogP contribution is 2.34. The van der Waals surface area contributed by atoms with Crippen LogP contribution in [0.15, 0.2) is 54.7 Å². The summed E-state index contributed by atoms with van der Waals surface area (Å²) in [6, 6.07) is 17.1. The average Bonchev–Trinajstić information content (AvgIpc) is 2.85. The maximum absolute atomic E-state index is 5.36. The quantitative estimate of drug-likeness (QED) is 0.472. The summed E-state index contributed by atoms with van der Waals surface area (Å²) < 4.78 is 7.67. The molecule has 0 amide bonds. The van der Waals surface area contributed by atoms with Gasteiger partial charge in [0.05, 0.1) is 18.1 Å². The fourth-order valence-electron chi connectivity index (χ4n) is 2.91. The van der Waals surface area contributed by atoms with E-state index < -0.39 is 0 Å². The van der Waals surface area contributed by atoms with Crippen LogP contribution >= 0.6 is 0 Å². The first-order chi connectivity index (χ1) is 9.36. The van der Waals surface area contributed by atoms with Crippen molar-refractivity contribution in [2.24, 2.45) is 0 Å². The first-order valence-corrected chi connectivity index (χ1v) is 6.45. The molecule has 1 aromatic heterocycles. The molecule has 19 heavy (non-hydrogen) atoms. The lowest BCUT2D eigenvalue weighted by Crippen LogP contribution is -2.31. The van der Waals surface area contributed by atoms with Crippen molar-refractivity contribution in [1.82, 2.24) is 0 Å². The number of aromatic nitrogens is 1. The summed E-state index contributed by atoms with van der Waals surface area (Å²) in [7, 11) is 1.72. The molecule has 0 atom stereocenters. The smallest absolute Gasteiger partial charge is 0.221 e. The monoisotopic (exact) mass is 248 g/mol. The Kier molecular flexibility index (Phi) is 2.12. The maximum Gasteiger partial charge on any atom is 0.221 e. The van der Waals surface area contributed by atoms with Gasteiger partial charge in [-0.1, -0.05) is 18.2 Å². The largest absolute Gasteiger partial charge is 0.497 e. The number of nitrogens with zero attached hydrogens (tertiary/aromatic N) is 1. The van der Waals surface area contributed by atoms with Gasteiger partial charge < -0.3 is 4.74 Å². The van der Waals surface area contributed by atoms with E-state index in [1.54, 1.807) is 7.11 Å². The van der Waals surface area contributed by atoms with Gasteiger partial charge in [-0.15, -0.1) is 0 Å². The highest BCUT2D eigenvalue weighted by atomic mass is 16.5. The van der Waals surface area contributed by atoms with E-state index in [9.17, 15) is 0 Å². The standard InChI is InChI=1S/C17H14NO/c1-19-14-7-6-13-11-18-9-8-12-4-2-3-5-15(12)17(18)16(13)10-14/h2-10H,11H2,1H3/q+1. The lowest BCUT2D eigenvalue weighted by Gasteiger charge is -2.02. The molecule has 3 aromatic rings. The van der Waals surface area contributed by atoms with Crippen LogP contribution in [-0.2, 0) is 6.54 Å². The van der Waals surface area contributed by atoms with Crippen molar-refractivity contribution < 1.29 is 9.30 Å². The molecular weight excluding hydrogens is 234 g/mol. The van der Waals surface area contributed by atoms with Crippen LogP contribution in [0.1, 0.15) is 5.56 Å². The number of pyridine rings is 1. The Morgan fingerprint density at radius 1 is 1.05 bits per heavy atom. The average molecular weight is 248 g/mol. The number of hydrogen-bond donors (Lipinski definition) is 0. The van der Waals surface area contributed by atoms with E-state index in [2.05, 4.69) is 53.2 Å². The summed E-state index contributed by atoms with van der Waals surface area (Å²) in [6.07, 6.45) is 2.17. The molecule has 2 nitrogen and oxygen atoms in total. The predicted octanol–water partition coefficient (Wildman–Crippen LogP) is 3.16. The Morgan fingerprint density at radius 2 is 1.95 bits per heavy atom. The number of methoxy groups -OCH3 is 1. The second kappa shape index (κ2) is 3.82. The van der Waals surface area contributed by atoms with E-state index in [4.69, 9.17) is 4.74 Å². The topological polar surface area (TPSA) is 13.1 Å². The van der Waals surface area contributed by atoms with Gasteiger partial charge in [0, 0.05) is 11.6 Å². The van der Waals surface area contributed by atoms with E-state index >= 15 is 0 Å². The molecule has 0 saturated carbocycles. The van der Waals surface area contributed by atoms with Gasteiger partial charge in [0.1, 0.15) is 5.75 Å². The van der Waals surface area contributed by atoms with Crippen molar-refractivity contribution in [3.63, 3.8) is 0 Å². The van der Waals surface area contributed by atoms with Gasteiger partial charge in [0.25, 0.3) is 0 Å². The van der Waals surface area contributed by atoms with Gasteiger partial charge in [0.15, 0.2) is 12.7 Å². The highest BCUT2D eigenvalue weighted by Gasteiger charge is 2.28. The first kappa shape index (κ1) is 10.6. The minimum Gasteiger partial charge on any atom is -0.497 e. The van der Waals surface area contributed by atoms with Crippen molar-refractivity contribution >= 4 is 10.8 Å². The van der Waals surface area contributed by atoms with Crippen molar-refractivity contribution in [1.29, 1.82) is 0 Å². The lowest BCUT2D eigenvalue weighted by molar-refractivity contribution is -0.671. The van der Waals surface area contributed by atoms with Crippen LogP contribution in [0.3, 0.4) is 0 Å². The van der Waals surface area contributed by atoms with Crippen molar-refractivity contribution in [3.05, 3.63) is 60.3 Å². The van der Waals surface area contributed by atoms with Crippen LogP contribution in [0, 0.1) is 0 Å². The summed E-state index contributed by atoms with van der Waals surface area (Å²) in [5.41, 5.74) is 3.94. The van der Waals surface area contributed by atoms with Crippen LogP contribution in [0.2, 0.25) is 0 Å². The molecule has 0 N–H and O–H groups in total. The van der Waals surface area contributed by atoms with E-state index in [0.717, 1.165) is 12.3 Å². The van der Waals surface area contributed by atoms with Gasteiger partial charge in [-0.2, -0.15) is 4.57 Å². The third-order valence-electron chi connectivity index (χ3n) is 3.85. The molecule has 1 aliphatic heterocycles. The molecule has 2 heteroatoms. The van der Waals surface area contributed by atoms with E-state index in [1.807, 2.05) is 6.07 Å². The van der Waals surface area contributed by atoms with Gasteiger partial charge >= 0.3 is 0 Å². The molecule has 0 radical (unpaired) electrons. The normalized spacial score (nSPS) is 12.3. The fraction of sp³-hybridized carbons (Fsp3) is 0.118. The Hall–Kier alpha value is -2.35. The maximum atomic E-state index is 5.36. The zero-order chi connectivity index (χ0) is 12.8. The van der Waals surface area contributed by atoms with E-state index in [-0.39, 0.29) is 0 Å². The molecule has 2 aromatic carbocycles. The highest BCUT2D eigenvalue weighted by molar-refractivity contribution is 5.94. The Bertz CT molecular complexity index is 792. The van der Waals surface area contributed by atoms with Crippen LogP contribution in [0.4, 0.5) is 0 Å². The molecule has 92 valence electrons.